The van der Waals surface area contributed by atoms with Gasteiger partial charge in [0.25, 0.3) is 0 Å². The Labute approximate surface area is 185 Å². The zero-order valence-corrected chi connectivity index (χ0v) is 18.2. The number of cyclic esters (lactones) is 1. The number of amides is 2. The van der Waals surface area contributed by atoms with Crippen LogP contribution in [0.1, 0.15) is 6.42 Å². The molecule has 0 aromatic heterocycles. The lowest BCUT2D eigenvalue weighted by atomic mass is 10.2. The van der Waals surface area contributed by atoms with E-state index in [-0.39, 0.29) is 12.2 Å². The SMILES string of the molecule is COC(=O)N1CCN(c2ccc(N3CC(CNC(=S)N4CCC4)OC3=O)cc2F)CC1. The Balaban J connectivity index is 1.34. The van der Waals surface area contributed by atoms with Crippen LogP contribution in [0.15, 0.2) is 18.2 Å². The Kier molecular flexibility index (Phi) is 6.30. The fourth-order valence-corrected chi connectivity index (χ4v) is 4.12. The predicted octanol–water partition coefficient (Wildman–Crippen LogP) is 1.62. The van der Waals surface area contributed by atoms with Crippen LogP contribution in [0.3, 0.4) is 0 Å². The van der Waals surface area contributed by atoms with Crippen molar-refractivity contribution in [3.05, 3.63) is 24.0 Å². The molecule has 1 aromatic rings. The van der Waals surface area contributed by atoms with Crippen LogP contribution < -0.4 is 15.1 Å². The Morgan fingerprint density at radius 1 is 1.23 bits per heavy atom. The minimum atomic E-state index is -0.500. The molecular formula is C20H26FN5O4S. The van der Waals surface area contributed by atoms with Gasteiger partial charge in [0.05, 0.1) is 31.6 Å². The van der Waals surface area contributed by atoms with E-state index < -0.39 is 11.9 Å². The Morgan fingerprint density at radius 2 is 1.97 bits per heavy atom. The number of nitrogens with zero attached hydrogens (tertiary/aromatic N) is 4. The molecule has 3 aliphatic rings. The molecule has 0 bridgehead atoms. The molecule has 1 atom stereocenters. The van der Waals surface area contributed by atoms with Crippen molar-refractivity contribution >= 4 is 40.9 Å². The number of hydrogen-bond acceptors (Lipinski definition) is 6. The van der Waals surface area contributed by atoms with Crippen LogP contribution in [-0.4, -0.2) is 92.7 Å². The number of carbonyl (C=O) groups excluding carboxylic acids is 2. The molecule has 0 radical (unpaired) electrons. The summed E-state index contributed by atoms with van der Waals surface area (Å²) < 4.78 is 25.0. The van der Waals surface area contributed by atoms with Crippen molar-refractivity contribution < 1.29 is 23.5 Å². The Morgan fingerprint density at radius 3 is 2.58 bits per heavy atom. The summed E-state index contributed by atoms with van der Waals surface area (Å²) in [5, 5.41) is 3.80. The highest BCUT2D eigenvalue weighted by Crippen LogP contribution is 2.28. The second kappa shape index (κ2) is 9.13. The summed E-state index contributed by atoms with van der Waals surface area (Å²) in [7, 11) is 1.34. The minimum absolute atomic E-state index is 0.324. The number of carbonyl (C=O) groups is 2. The maximum atomic E-state index is 14.9. The highest BCUT2D eigenvalue weighted by Gasteiger charge is 2.33. The third kappa shape index (κ3) is 4.60. The van der Waals surface area contributed by atoms with Gasteiger partial charge in [0.1, 0.15) is 11.9 Å². The van der Waals surface area contributed by atoms with Crippen molar-refractivity contribution in [2.24, 2.45) is 0 Å². The summed E-state index contributed by atoms with van der Waals surface area (Å²) in [6, 6.07) is 4.73. The van der Waals surface area contributed by atoms with Gasteiger partial charge in [-0.2, -0.15) is 0 Å². The van der Waals surface area contributed by atoms with E-state index in [0.29, 0.717) is 55.8 Å². The van der Waals surface area contributed by atoms with E-state index >= 15 is 0 Å². The average Bonchev–Trinajstić information content (AvgIpc) is 3.11. The summed E-state index contributed by atoms with van der Waals surface area (Å²) in [6.45, 7) is 4.56. The van der Waals surface area contributed by atoms with E-state index in [9.17, 15) is 14.0 Å². The molecule has 168 valence electrons. The lowest BCUT2D eigenvalue weighted by molar-refractivity contribution is 0.121. The minimum Gasteiger partial charge on any atom is -0.453 e. The smallest absolute Gasteiger partial charge is 0.414 e. The molecule has 31 heavy (non-hydrogen) atoms. The third-order valence-corrected chi connectivity index (χ3v) is 6.20. The first kappa shape index (κ1) is 21.4. The van der Waals surface area contributed by atoms with Gasteiger partial charge in [-0.15, -0.1) is 0 Å². The fraction of sp³-hybridized carbons (Fsp3) is 0.550. The Hall–Kier alpha value is -2.82. The average molecular weight is 452 g/mol. The van der Waals surface area contributed by atoms with E-state index in [2.05, 4.69) is 10.2 Å². The van der Waals surface area contributed by atoms with Crippen LogP contribution in [0, 0.1) is 5.82 Å². The molecule has 4 rings (SSSR count). The van der Waals surface area contributed by atoms with Crippen molar-refractivity contribution in [2.45, 2.75) is 12.5 Å². The second-order valence-corrected chi connectivity index (χ2v) is 8.11. The van der Waals surface area contributed by atoms with Gasteiger partial charge in [-0.3, -0.25) is 4.90 Å². The first-order valence-electron chi connectivity index (χ1n) is 10.3. The van der Waals surface area contributed by atoms with Crippen molar-refractivity contribution in [3.8, 4) is 0 Å². The topological polar surface area (TPSA) is 77.6 Å². The summed E-state index contributed by atoms with van der Waals surface area (Å²) in [5.41, 5.74) is 0.895. The van der Waals surface area contributed by atoms with Crippen LogP contribution in [0.25, 0.3) is 0 Å². The van der Waals surface area contributed by atoms with Crippen LogP contribution in [-0.2, 0) is 9.47 Å². The highest BCUT2D eigenvalue weighted by atomic mass is 32.1. The largest absolute Gasteiger partial charge is 0.453 e. The van der Waals surface area contributed by atoms with Gasteiger partial charge in [-0.1, -0.05) is 0 Å². The molecule has 0 aliphatic carbocycles. The van der Waals surface area contributed by atoms with Crippen molar-refractivity contribution in [3.63, 3.8) is 0 Å². The number of methoxy groups -OCH3 is 1. The van der Waals surface area contributed by atoms with Gasteiger partial charge in [0, 0.05) is 39.3 Å². The lowest BCUT2D eigenvalue weighted by Crippen LogP contribution is -2.49. The normalized spacial score (nSPS) is 21.0. The first-order valence-corrected chi connectivity index (χ1v) is 10.8. The van der Waals surface area contributed by atoms with Gasteiger partial charge in [0.2, 0.25) is 0 Å². The van der Waals surface area contributed by atoms with Crippen molar-refractivity contribution in [1.82, 2.24) is 15.1 Å². The summed E-state index contributed by atoms with van der Waals surface area (Å²) >= 11 is 5.31. The predicted molar refractivity (Wildman–Crippen MR) is 117 cm³/mol. The molecular weight excluding hydrogens is 425 g/mol. The van der Waals surface area contributed by atoms with E-state index in [0.717, 1.165) is 19.5 Å². The van der Waals surface area contributed by atoms with Gasteiger partial charge in [-0.05, 0) is 36.8 Å². The van der Waals surface area contributed by atoms with Crippen LogP contribution in [0.4, 0.5) is 25.4 Å². The standard InChI is InChI=1S/C20H26FN5O4S/c1-29-19(27)25-9-7-23(8-10-25)17-4-3-14(11-16(17)21)26-13-15(30-20(26)28)12-22-18(31)24-5-2-6-24/h3-4,11,15H,2,5-10,12-13H2,1H3,(H,22,31). The monoisotopic (exact) mass is 451 g/mol. The van der Waals surface area contributed by atoms with Crippen LogP contribution in [0.2, 0.25) is 0 Å². The molecule has 0 saturated carbocycles. The quantitative estimate of drug-likeness (QED) is 0.693. The van der Waals surface area contributed by atoms with E-state index in [4.69, 9.17) is 21.7 Å². The summed E-state index contributed by atoms with van der Waals surface area (Å²) in [4.78, 5) is 30.9. The number of likely N-dealkylation sites (tertiary alicyclic amines) is 1. The second-order valence-electron chi connectivity index (χ2n) is 7.72. The molecule has 2 amide bonds. The number of halogens is 1. The molecule has 9 nitrogen and oxygen atoms in total. The lowest BCUT2D eigenvalue weighted by Gasteiger charge is -2.35. The summed E-state index contributed by atoms with van der Waals surface area (Å²) in [6.07, 6.45) is -0.102. The number of benzene rings is 1. The Bertz CT molecular complexity index is 860. The molecule has 0 spiro atoms. The van der Waals surface area contributed by atoms with E-state index in [1.54, 1.807) is 17.0 Å². The molecule has 11 heteroatoms. The molecule has 3 fully saturated rings. The van der Waals surface area contributed by atoms with Gasteiger partial charge in [0.15, 0.2) is 5.11 Å². The summed E-state index contributed by atoms with van der Waals surface area (Å²) in [5.74, 6) is -0.419. The number of hydrogen-bond donors (Lipinski definition) is 1. The molecule has 3 saturated heterocycles. The van der Waals surface area contributed by atoms with Crippen LogP contribution in [0.5, 0.6) is 0 Å². The number of piperazine rings is 1. The van der Waals surface area contributed by atoms with Crippen LogP contribution >= 0.6 is 12.2 Å². The van der Waals surface area contributed by atoms with Gasteiger partial charge >= 0.3 is 12.2 Å². The van der Waals surface area contributed by atoms with E-state index in [1.165, 1.54) is 18.1 Å². The number of thiocarbonyl (C=S) groups is 1. The molecule has 1 unspecified atom stereocenters. The first-order chi connectivity index (χ1) is 15.0. The molecule has 3 heterocycles. The highest BCUT2D eigenvalue weighted by molar-refractivity contribution is 7.80. The molecule has 1 N–H and O–H groups in total. The van der Waals surface area contributed by atoms with Gasteiger partial charge < -0.3 is 29.5 Å². The van der Waals surface area contributed by atoms with E-state index in [1.807, 2.05) is 4.90 Å². The maximum Gasteiger partial charge on any atom is 0.414 e. The van der Waals surface area contributed by atoms with Crippen molar-refractivity contribution in [2.75, 3.05) is 69.3 Å². The number of anilines is 2. The third-order valence-electron chi connectivity index (χ3n) is 5.79. The fourth-order valence-electron chi connectivity index (χ4n) is 3.85. The zero-order chi connectivity index (χ0) is 22.0. The molecule has 1 aromatic carbocycles. The maximum absolute atomic E-state index is 14.9. The number of rotatable bonds is 4. The number of nitrogens with one attached hydrogen (secondary N) is 1. The molecule has 3 aliphatic heterocycles. The van der Waals surface area contributed by atoms with Crippen molar-refractivity contribution in [1.29, 1.82) is 0 Å². The zero-order valence-electron chi connectivity index (χ0n) is 17.4. The van der Waals surface area contributed by atoms with Gasteiger partial charge in [-0.25, -0.2) is 14.0 Å². The number of ether oxygens (including phenoxy) is 2.